The molecule has 4 N–H and O–H groups in total. The summed E-state index contributed by atoms with van der Waals surface area (Å²) in [7, 11) is -3.27. The molecule has 0 saturated heterocycles. The summed E-state index contributed by atoms with van der Waals surface area (Å²) in [6, 6.07) is 6.68. The van der Waals surface area contributed by atoms with Gasteiger partial charge in [0, 0.05) is 15.5 Å². The topological polar surface area (TPSA) is 98.5 Å². The van der Waals surface area contributed by atoms with E-state index in [1.807, 2.05) is 38.1 Å². The highest BCUT2D eigenvalue weighted by molar-refractivity contribution is 7.92. The number of nitrogens with zero attached hydrogens (tertiary/aromatic N) is 1. The SMILES string of the molecule is CC[C@H](C)[C@H](N)C(=O)N=S(N)(=O)c1csc2ccccc12. The van der Waals surface area contributed by atoms with Crippen molar-refractivity contribution in [3.8, 4) is 0 Å². The molecule has 21 heavy (non-hydrogen) atoms. The lowest BCUT2D eigenvalue weighted by Crippen LogP contribution is -2.36. The van der Waals surface area contributed by atoms with Crippen molar-refractivity contribution >= 4 is 37.2 Å². The van der Waals surface area contributed by atoms with E-state index >= 15 is 0 Å². The largest absolute Gasteiger partial charge is 0.320 e. The molecule has 114 valence electrons. The predicted molar refractivity (Wildman–Crippen MR) is 87.3 cm³/mol. The Kier molecular flexibility index (Phi) is 4.77. The van der Waals surface area contributed by atoms with Crippen LogP contribution in [0.1, 0.15) is 20.3 Å². The van der Waals surface area contributed by atoms with Crippen molar-refractivity contribution in [2.45, 2.75) is 31.2 Å². The van der Waals surface area contributed by atoms with Crippen LogP contribution in [0.15, 0.2) is 38.9 Å². The number of carbonyl (C=O) groups is 1. The fraction of sp³-hybridized carbons (Fsp3) is 0.357. The Morgan fingerprint density at radius 1 is 1.43 bits per heavy atom. The predicted octanol–water partition coefficient (Wildman–Crippen LogP) is 2.50. The standard InChI is InChI=1S/C14H19N3O2S2/c1-3-9(2)13(15)14(18)17-21(16,19)12-8-20-11-7-5-4-6-10(11)12/h4-9,13H,3,15H2,1-2H3,(H2,16,17,18,19)/t9-,13-,21?/m0/s1. The average Bonchev–Trinajstić information content (AvgIpc) is 2.89. The lowest BCUT2D eigenvalue weighted by molar-refractivity contribution is -0.119. The molecule has 1 unspecified atom stereocenters. The molecule has 0 radical (unpaired) electrons. The number of amides is 1. The van der Waals surface area contributed by atoms with Crippen LogP contribution in [0, 0.1) is 5.92 Å². The molecule has 2 aromatic rings. The fourth-order valence-corrected chi connectivity index (χ4v) is 4.48. The number of hydrogen-bond donors (Lipinski definition) is 2. The van der Waals surface area contributed by atoms with Crippen molar-refractivity contribution in [3.05, 3.63) is 29.6 Å². The van der Waals surface area contributed by atoms with Crippen LogP contribution in [0.25, 0.3) is 10.1 Å². The molecule has 0 aliphatic carbocycles. The van der Waals surface area contributed by atoms with Gasteiger partial charge in [0.1, 0.15) is 9.92 Å². The van der Waals surface area contributed by atoms with E-state index in [0.717, 1.165) is 16.5 Å². The fourth-order valence-electron chi connectivity index (χ4n) is 1.92. The maximum Gasteiger partial charge on any atom is 0.272 e. The average molecular weight is 325 g/mol. The summed E-state index contributed by atoms with van der Waals surface area (Å²) in [5.74, 6) is -0.636. The Labute approximate surface area is 128 Å². The van der Waals surface area contributed by atoms with Gasteiger partial charge in [-0.2, -0.15) is 0 Å². The zero-order valence-electron chi connectivity index (χ0n) is 12.0. The van der Waals surface area contributed by atoms with Crippen LogP contribution in [0.4, 0.5) is 0 Å². The van der Waals surface area contributed by atoms with Gasteiger partial charge in [-0.3, -0.25) is 4.79 Å². The third kappa shape index (κ3) is 3.32. The first kappa shape index (κ1) is 16.1. The van der Waals surface area contributed by atoms with Crippen LogP contribution < -0.4 is 10.9 Å². The molecule has 0 saturated carbocycles. The van der Waals surface area contributed by atoms with Gasteiger partial charge in [-0.25, -0.2) is 9.35 Å². The van der Waals surface area contributed by atoms with E-state index in [1.165, 1.54) is 11.3 Å². The highest BCUT2D eigenvalue weighted by Crippen LogP contribution is 2.29. The van der Waals surface area contributed by atoms with E-state index in [9.17, 15) is 9.00 Å². The minimum absolute atomic E-state index is 0.0318. The zero-order chi connectivity index (χ0) is 15.6. The Balaban J connectivity index is 2.44. The van der Waals surface area contributed by atoms with Gasteiger partial charge in [-0.1, -0.05) is 38.5 Å². The van der Waals surface area contributed by atoms with E-state index in [0.29, 0.717) is 4.90 Å². The lowest BCUT2D eigenvalue weighted by atomic mass is 10.00. The summed E-state index contributed by atoms with van der Waals surface area (Å²) in [5, 5.41) is 8.28. The van der Waals surface area contributed by atoms with Crippen LogP contribution in [0.3, 0.4) is 0 Å². The van der Waals surface area contributed by atoms with Gasteiger partial charge in [0.2, 0.25) is 0 Å². The zero-order valence-corrected chi connectivity index (χ0v) is 13.6. The van der Waals surface area contributed by atoms with Crippen molar-refractivity contribution < 1.29 is 9.00 Å². The number of hydrogen-bond acceptors (Lipinski definition) is 4. The van der Waals surface area contributed by atoms with Crippen LogP contribution in [0.5, 0.6) is 0 Å². The summed E-state index contributed by atoms with van der Waals surface area (Å²) >= 11 is 1.43. The third-order valence-electron chi connectivity index (χ3n) is 3.53. The monoisotopic (exact) mass is 325 g/mol. The molecular weight excluding hydrogens is 306 g/mol. The van der Waals surface area contributed by atoms with Crippen molar-refractivity contribution in [1.82, 2.24) is 0 Å². The molecule has 7 heteroatoms. The highest BCUT2D eigenvalue weighted by Gasteiger charge is 2.22. The molecule has 0 spiro atoms. The molecular formula is C14H19N3O2S2. The molecule has 3 atom stereocenters. The van der Waals surface area contributed by atoms with Gasteiger partial charge in [0.15, 0.2) is 0 Å². The van der Waals surface area contributed by atoms with Crippen LogP contribution in [0.2, 0.25) is 0 Å². The molecule has 0 fully saturated rings. The van der Waals surface area contributed by atoms with Gasteiger partial charge in [-0.15, -0.1) is 15.7 Å². The summed E-state index contributed by atoms with van der Waals surface area (Å²) < 4.78 is 17.3. The normalized spacial score (nSPS) is 17.1. The van der Waals surface area contributed by atoms with Crippen LogP contribution in [-0.2, 0) is 14.7 Å². The first-order valence-corrected chi connectivity index (χ1v) is 9.13. The molecule has 0 bridgehead atoms. The number of carbonyl (C=O) groups excluding carboxylic acids is 1. The third-order valence-corrected chi connectivity index (χ3v) is 6.06. The lowest BCUT2D eigenvalue weighted by Gasteiger charge is -2.14. The van der Waals surface area contributed by atoms with E-state index in [4.69, 9.17) is 10.9 Å². The second-order valence-electron chi connectivity index (χ2n) is 5.01. The second kappa shape index (κ2) is 6.23. The first-order valence-electron chi connectivity index (χ1n) is 6.67. The summed E-state index contributed by atoms with van der Waals surface area (Å²) in [6.45, 7) is 3.79. The molecule has 1 amide bonds. The Morgan fingerprint density at radius 2 is 2.10 bits per heavy atom. The number of benzene rings is 1. The Hall–Kier alpha value is -1.28. The Bertz CT molecular complexity index is 775. The van der Waals surface area contributed by atoms with Crippen LogP contribution in [-0.4, -0.2) is 16.2 Å². The summed E-state index contributed by atoms with van der Waals surface area (Å²) in [4.78, 5) is 12.4. The van der Waals surface area contributed by atoms with E-state index < -0.39 is 21.9 Å². The molecule has 1 aromatic heterocycles. The van der Waals surface area contributed by atoms with Crippen molar-refractivity contribution in [1.29, 1.82) is 0 Å². The van der Waals surface area contributed by atoms with Gasteiger partial charge in [0.25, 0.3) is 5.91 Å². The number of thiophene rings is 1. The molecule has 1 aromatic carbocycles. The Morgan fingerprint density at radius 3 is 2.76 bits per heavy atom. The number of rotatable bonds is 4. The molecule has 2 rings (SSSR count). The minimum atomic E-state index is -3.27. The van der Waals surface area contributed by atoms with E-state index in [2.05, 4.69) is 4.36 Å². The summed E-state index contributed by atoms with van der Waals surface area (Å²) in [6.07, 6.45) is 0.746. The second-order valence-corrected chi connectivity index (χ2v) is 7.68. The minimum Gasteiger partial charge on any atom is -0.320 e. The maximum atomic E-state index is 12.6. The van der Waals surface area contributed by atoms with Gasteiger partial charge in [0.05, 0.1) is 10.9 Å². The van der Waals surface area contributed by atoms with Crippen LogP contribution >= 0.6 is 11.3 Å². The molecule has 5 nitrogen and oxygen atoms in total. The molecule has 0 aliphatic rings. The van der Waals surface area contributed by atoms with E-state index in [1.54, 1.807) is 5.38 Å². The number of fused-ring (bicyclic) bond motifs is 1. The first-order chi connectivity index (χ1) is 9.86. The highest BCUT2D eigenvalue weighted by atomic mass is 32.2. The molecule has 0 aliphatic heterocycles. The van der Waals surface area contributed by atoms with Crippen molar-refractivity contribution in [3.63, 3.8) is 0 Å². The summed E-state index contributed by atoms with van der Waals surface area (Å²) in [5.41, 5.74) is 5.82. The number of nitrogens with two attached hydrogens (primary N) is 2. The van der Waals surface area contributed by atoms with Gasteiger partial charge in [-0.05, 0) is 12.0 Å². The van der Waals surface area contributed by atoms with Crippen molar-refractivity contribution in [2.75, 3.05) is 0 Å². The van der Waals surface area contributed by atoms with E-state index in [-0.39, 0.29) is 5.92 Å². The molecule has 1 heterocycles. The van der Waals surface area contributed by atoms with Gasteiger partial charge < -0.3 is 5.73 Å². The maximum absolute atomic E-state index is 12.6. The van der Waals surface area contributed by atoms with Gasteiger partial charge >= 0.3 is 0 Å². The quantitative estimate of drug-likeness (QED) is 0.903. The smallest absolute Gasteiger partial charge is 0.272 e. The van der Waals surface area contributed by atoms with Crippen molar-refractivity contribution in [2.24, 2.45) is 21.2 Å².